The maximum Gasteiger partial charge on any atom is 0.251 e. The second-order valence-corrected chi connectivity index (χ2v) is 7.03. The Hall–Kier alpha value is -3.39. The van der Waals surface area contributed by atoms with Crippen molar-refractivity contribution in [3.05, 3.63) is 126 Å². The summed E-state index contributed by atoms with van der Waals surface area (Å²) in [7, 11) is 0. The van der Waals surface area contributed by atoms with Crippen LogP contribution in [-0.4, -0.2) is 17.4 Å². The predicted molar refractivity (Wildman–Crippen MR) is 114 cm³/mol. The van der Waals surface area contributed by atoms with E-state index >= 15 is 0 Å². The van der Waals surface area contributed by atoms with Gasteiger partial charge in [-0.3, -0.25) is 4.79 Å². The largest absolute Gasteiger partial charge is 0.334 e. The molecule has 2 nitrogen and oxygen atoms in total. The van der Waals surface area contributed by atoms with Gasteiger partial charge in [-0.25, -0.2) is 0 Å². The van der Waals surface area contributed by atoms with Crippen LogP contribution >= 0.6 is 0 Å². The first-order valence-corrected chi connectivity index (χ1v) is 9.58. The average molecular weight is 365 g/mol. The molecule has 1 fully saturated rings. The van der Waals surface area contributed by atoms with Gasteiger partial charge in [0.1, 0.15) is 0 Å². The minimum absolute atomic E-state index is 0.00613. The van der Waals surface area contributed by atoms with Crippen LogP contribution in [0.2, 0.25) is 0 Å². The van der Waals surface area contributed by atoms with Crippen LogP contribution in [0.5, 0.6) is 0 Å². The van der Waals surface area contributed by atoms with Crippen LogP contribution in [-0.2, 0) is 11.3 Å². The lowest BCUT2D eigenvalue weighted by atomic mass is 9.88. The lowest BCUT2D eigenvalue weighted by Crippen LogP contribution is -2.25. The number of rotatable bonds is 5. The number of nitrogens with zero attached hydrogens (tertiary/aromatic N) is 1. The lowest BCUT2D eigenvalue weighted by Gasteiger charge is -2.16. The fourth-order valence-corrected chi connectivity index (χ4v) is 3.85. The van der Waals surface area contributed by atoms with Crippen molar-refractivity contribution in [2.75, 3.05) is 6.54 Å². The molecule has 1 atom stereocenters. The second kappa shape index (κ2) is 8.10. The van der Waals surface area contributed by atoms with Gasteiger partial charge in [0.15, 0.2) is 0 Å². The molecule has 0 saturated carbocycles. The van der Waals surface area contributed by atoms with Gasteiger partial charge in [-0.05, 0) is 22.3 Å². The summed E-state index contributed by atoms with van der Waals surface area (Å²) in [5.74, 6) is 0.100. The van der Waals surface area contributed by atoms with E-state index in [1.54, 1.807) is 0 Å². The van der Waals surface area contributed by atoms with Crippen LogP contribution in [0.4, 0.5) is 0 Å². The summed E-state index contributed by atoms with van der Waals surface area (Å²) in [6, 6.07) is 30.5. The number of likely N-dealkylation sites (tertiary alicyclic amines) is 1. The minimum Gasteiger partial charge on any atom is -0.334 e. The topological polar surface area (TPSA) is 20.3 Å². The standard InChI is InChI=1S/C26H23NO/c1-2-21-19-27(18-20-12-6-3-7-13-20)26(28)25(21)24(22-14-8-4-9-15-22)23-16-10-5-11-17-23/h2-17,21H,1,18-19H2. The normalized spacial score (nSPS) is 16.3. The van der Waals surface area contributed by atoms with Gasteiger partial charge < -0.3 is 4.90 Å². The average Bonchev–Trinajstić information content (AvgIpc) is 3.06. The smallest absolute Gasteiger partial charge is 0.251 e. The Kier molecular flexibility index (Phi) is 5.20. The molecular formula is C26H23NO. The van der Waals surface area contributed by atoms with Gasteiger partial charge in [0.25, 0.3) is 5.91 Å². The van der Waals surface area contributed by atoms with Crippen LogP contribution in [0, 0.1) is 5.92 Å². The molecule has 1 aliphatic rings. The Morgan fingerprint density at radius 1 is 0.857 bits per heavy atom. The van der Waals surface area contributed by atoms with Crippen LogP contribution in [0.3, 0.4) is 0 Å². The molecule has 0 spiro atoms. The molecule has 1 amide bonds. The molecule has 0 aliphatic carbocycles. The number of benzene rings is 3. The van der Waals surface area contributed by atoms with Crippen LogP contribution in [0.1, 0.15) is 16.7 Å². The third-order valence-electron chi connectivity index (χ3n) is 5.20. The molecule has 138 valence electrons. The van der Waals surface area contributed by atoms with Crippen molar-refractivity contribution >= 4 is 11.5 Å². The molecule has 4 rings (SSSR count). The zero-order chi connectivity index (χ0) is 19.3. The van der Waals surface area contributed by atoms with Crippen molar-refractivity contribution in [2.45, 2.75) is 6.54 Å². The van der Waals surface area contributed by atoms with Crippen LogP contribution in [0.25, 0.3) is 5.57 Å². The van der Waals surface area contributed by atoms with Crippen LogP contribution in [0.15, 0.2) is 109 Å². The Balaban J connectivity index is 1.82. The summed E-state index contributed by atoms with van der Waals surface area (Å²) in [5.41, 5.74) is 5.10. The van der Waals surface area contributed by atoms with Crippen molar-refractivity contribution in [3.63, 3.8) is 0 Å². The quantitative estimate of drug-likeness (QED) is 0.442. The molecule has 1 saturated heterocycles. The number of carbonyl (C=O) groups excluding carboxylic acids is 1. The molecule has 3 aromatic carbocycles. The van der Waals surface area contributed by atoms with E-state index in [0.717, 1.165) is 27.8 Å². The molecule has 0 bridgehead atoms. The van der Waals surface area contributed by atoms with Gasteiger partial charge >= 0.3 is 0 Å². The fourth-order valence-electron chi connectivity index (χ4n) is 3.85. The molecule has 1 aliphatic heterocycles. The first-order chi connectivity index (χ1) is 13.8. The first-order valence-electron chi connectivity index (χ1n) is 9.58. The predicted octanol–water partition coefficient (Wildman–Crippen LogP) is 5.33. The summed E-state index contributed by atoms with van der Waals surface area (Å²) in [4.78, 5) is 15.4. The molecule has 0 N–H and O–H groups in total. The van der Waals surface area contributed by atoms with Gasteiger partial charge in [-0.1, -0.05) is 97.1 Å². The third-order valence-corrected chi connectivity index (χ3v) is 5.20. The molecule has 0 aromatic heterocycles. The van der Waals surface area contributed by atoms with E-state index in [9.17, 15) is 4.79 Å². The minimum atomic E-state index is 0.00613. The molecule has 1 heterocycles. The number of amides is 1. The molecule has 1 unspecified atom stereocenters. The van der Waals surface area contributed by atoms with Gasteiger partial charge in [0.05, 0.1) is 0 Å². The summed E-state index contributed by atoms with van der Waals surface area (Å²) in [5, 5.41) is 0. The highest BCUT2D eigenvalue weighted by molar-refractivity contribution is 6.07. The monoisotopic (exact) mass is 365 g/mol. The Labute approximate surface area is 166 Å². The van der Waals surface area contributed by atoms with Crippen LogP contribution < -0.4 is 0 Å². The molecule has 28 heavy (non-hydrogen) atoms. The number of hydrogen-bond acceptors (Lipinski definition) is 1. The van der Waals surface area contributed by atoms with E-state index in [1.165, 1.54) is 0 Å². The summed E-state index contributed by atoms with van der Waals surface area (Å²) < 4.78 is 0. The van der Waals surface area contributed by atoms with Crippen molar-refractivity contribution in [1.82, 2.24) is 4.90 Å². The zero-order valence-corrected chi connectivity index (χ0v) is 15.8. The Morgan fingerprint density at radius 2 is 1.36 bits per heavy atom. The van der Waals surface area contributed by atoms with Gasteiger partial charge in [-0.15, -0.1) is 6.58 Å². The maximum atomic E-state index is 13.5. The first kappa shape index (κ1) is 18.0. The Bertz CT molecular complexity index is 949. The molecule has 3 aromatic rings. The number of carbonyl (C=O) groups is 1. The molecule has 2 heteroatoms. The molecule has 0 radical (unpaired) electrons. The van der Waals surface area contributed by atoms with E-state index in [-0.39, 0.29) is 11.8 Å². The van der Waals surface area contributed by atoms with E-state index in [1.807, 2.05) is 65.6 Å². The van der Waals surface area contributed by atoms with E-state index in [0.29, 0.717) is 13.1 Å². The van der Waals surface area contributed by atoms with Gasteiger partial charge in [0.2, 0.25) is 0 Å². The fraction of sp³-hybridized carbons (Fsp3) is 0.115. The van der Waals surface area contributed by atoms with Gasteiger partial charge in [0, 0.05) is 24.6 Å². The van der Waals surface area contributed by atoms with Crippen molar-refractivity contribution in [2.24, 2.45) is 5.92 Å². The van der Waals surface area contributed by atoms with Crippen molar-refractivity contribution in [1.29, 1.82) is 0 Å². The number of hydrogen-bond donors (Lipinski definition) is 0. The second-order valence-electron chi connectivity index (χ2n) is 7.03. The SMILES string of the molecule is C=CC1CN(Cc2ccccc2)C(=O)C1=C(c1ccccc1)c1ccccc1. The van der Waals surface area contributed by atoms with E-state index in [2.05, 4.69) is 43.0 Å². The zero-order valence-electron chi connectivity index (χ0n) is 15.8. The van der Waals surface area contributed by atoms with E-state index < -0.39 is 0 Å². The van der Waals surface area contributed by atoms with E-state index in [4.69, 9.17) is 0 Å². The summed E-state index contributed by atoms with van der Waals surface area (Å²) in [6.45, 7) is 5.30. The molecular weight excluding hydrogens is 342 g/mol. The third kappa shape index (κ3) is 3.54. The van der Waals surface area contributed by atoms with Crippen molar-refractivity contribution in [3.8, 4) is 0 Å². The lowest BCUT2D eigenvalue weighted by molar-refractivity contribution is -0.125. The highest BCUT2D eigenvalue weighted by atomic mass is 16.2. The highest BCUT2D eigenvalue weighted by Gasteiger charge is 2.36. The summed E-state index contributed by atoms with van der Waals surface area (Å²) in [6.07, 6.45) is 1.91. The summed E-state index contributed by atoms with van der Waals surface area (Å²) >= 11 is 0. The maximum absolute atomic E-state index is 13.5. The Morgan fingerprint density at radius 3 is 1.86 bits per heavy atom. The van der Waals surface area contributed by atoms with Gasteiger partial charge in [-0.2, -0.15) is 0 Å². The highest BCUT2D eigenvalue weighted by Crippen LogP contribution is 2.36. The van der Waals surface area contributed by atoms with Crippen molar-refractivity contribution < 1.29 is 4.79 Å².